The van der Waals surface area contributed by atoms with Crippen LogP contribution in [0, 0.1) is 12.3 Å². The Morgan fingerprint density at radius 1 is 1.47 bits per heavy atom. The Kier molecular flexibility index (Phi) is 3.17. The molecule has 2 rings (SSSR count). The number of hydrogen-bond donors (Lipinski definition) is 1. The molecular formula is C13H21NS. The number of thiophene rings is 1. The summed E-state index contributed by atoms with van der Waals surface area (Å²) in [6, 6.07) is 4.99. The Labute approximate surface area is 96.9 Å². The summed E-state index contributed by atoms with van der Waals surface area (Å²) in [5.74, 6) is 0. The van der Waals surface area contributed by atoms with Crippen molar-refractivity contribution in [3.05, 3.63) is 21.9 Å². The smallest absolute Gasteiger partial charge is 0.0386 e. The van der Waals surface area contributed by atoms with E-state index in [1.165, 1.54) is 35.6 Å². The Balaban J connectivity index is 1.85. The van der Waals surface area contributed by atoms with Crippen molar-refractivity contribution in [2.24, 2.45) is 5.41 Å². The summed E-state index contributed by atoms with van der Waals surface area (Å²) in [5.41, 5.74) is 0.653. The van der Waals surface area contributed by atoms with E-state index in [2.05, 4.69) is 38.2 Å². The van der Waals surface area contributed by atoms with Crippen molar-refractivity contribution in [2.45, 2.75) is 46.1 Å². The largest absolute Gasteiger partial charge is 0.309 e. The van der Waals surface area contributed by atoms with Gasteiger partial charge in [-0.3, -0.25) is 0 Å². The van der Waals surface area contributed by atoms with Crippen LogP contribution in [-0.4, -0.2) is 6.54 Å². The summed E-state index contributed by atoms with van der Waals surface area (Å²) in [7, 11) is 0. The zero-order valence-electron chi connectivity index (χ0n) is 9.97. The van der Waals surface area contributed by atoms with Crippen molar-refractivity contribution in [3.8, 4) is 0 Å². The van der Waals surface area contributed by atoms with Crippen molar-refractivity contribution < 1.29 is 0 Å². The zero-order valence-corrected chi connectivity index (χ0v) is 10.8. The highest BCUT2D eigenvalue weighted by Gasteiger charge is 2.40. The van der Waals surface area contributed by atoms with Gasteiger partial charge in [0, 0.05) is 22.3 Å². The number of hydrogen-bond acceptors (Lipinski definition) is 2. The first-order valence-electron chi connectivity index (χ1n) is 5.95. The zero-order chi connectivity index (χ0) is 10.9. The maximum Gasteiger partial charge on any atom is 0.0386 e. The van der Waals surface area contributed by atoms with Crippen LogP contribution in [0.1, 0.15) is 48.9 Å². The van der Waals surface area contributed by atoms with Crippen LogP contribution in [-0.2, 0) is 0 Å². The molecule has 1 aliphatic rings. The third-order valence-corrected chi connectivity index (χ3v) is 4.86. The van der Waals surface area contributed by atoms with E-state index < -0.39 is 0 Å². The second-order valence-electron chi connectivity index (χ2n) is 4.90. The van der Waals surface area contributed by atoms with Gasteiger partial charge in [-0.1, -0.05) is 6.92 Å². The standard InChI is InChI=1S/C13H21NS/c1-4-13(7-8-13)9-14-11(3)12-6-5-10(2)15-12/h5-6,11,14H,4,7-9H2,1-3H3. The lowest BCUT2D eigenvalue weighted by Crippen LogP contribution is -2.25. The number of nitrogens with one attached hydrogen (secondary N) is 1. The summed E-state index contributed by atoms with van der Waals surface area (Å²) in [5, 5.41) is 3.68. The van der Waals surface area contributed by atoms with E-state index in [9.17, 15) is 0 Å². The van der Waals surface area contributed by atoms with Crippen molar-refractivity contribution in [1.82, 2.24) is 5.32 Å². The first-order valence-corrected chi connectivity index (χ1v) is 6.77. The molecule has 1 aromatic rings. The van der Waals surface area contributed by atoms with E-state index in [0.717, 1.165) is 0 Å². The molecule has 2 heteroatoms. The first kappa shape index (κ1) is 11.2. The average Bonchev–Trinajstić information content (AvgIpc) is 2.90. The normalized spacial score (nSPS) is 20.2. The molecule has 1 aliphatic carbocycles. The molecule has 1 heterocycles. The SMILES string of the molecule is CCC1(CNC(C)c2ccc(C)s2)CC1. The highest BCUT2D eigenvalue weighted by Crippen LogP contribution is 2.48. The summed E-state index contributed by atoms with van der Waals surface area (Å²) < 4.78 is 0. The molecule has 1 atom stereocenters. The quantitative estimate of drug-likeness (QED) is 0.798. The Hall–Kier alpha value is -0.340. The van der Waals surface area contributed by atoms with Gasteiger partial charge in [0.25, 0.3) is 0 Å². The van der Waals surface area contributed by atoms with Gasteiger partial charge < -0.3 is 5.32 Å². The summed E-state index contributed by atoms with van der Waals surface area (Å²) in [6.07, 6.45) is 4.18. The van der Waals surface area contributed by atoms with Gasteiger partial charge in [-0.05, 0) is 50.7 Å². The molecule has 0 amide bonds. The van der Waals surface area contributed by atoms with Crippen molar-refractivity contribution >= 4 is 11.3 Å². The highest BCUT2D eigenvalue weighted by molar-refractivity contribution is 7.12. The Morgan fingerprint density at radius 2 is 2.20 bits per heavy atom. The molecule has 0 aromatic carbocycles. The number of aryl methyl sites for hydroxylation is 1. The average molecular weight is 223 g/mol. The van der Waals surface area contributed by atoms with E-state index in [0.29, 0.717) is 11.5 Å². The predicted molar refractivity (Wildman–Crippen MR) is 67.4 cm³/mol. The van der Waals surface area contributed by atoms with Gasteiger partial charge in [0.2, 0.25) is 0 Å². The van der Waals surface area contributed by atoms with Crippen LogP contribution in [0.25, 0.3) is 0 Å². The second kappa shape index (κ2) is 4.26. The Bertz CT molecular complexity index is 325. The van der Waals surface area contributed by atoms with Crippen LogP contribution in [0.2, 0.25) is 0 Å². The fraction of sp³-hybridized carbons (Fsp3) is 0.692. The van der Waals surface area contributed by atoms with E-state index in [-0.39, 0.29) is 0 Å². The van der Waals surface area contributed by atoms with E-state index in [4.69, 9.17) is 0 Å². The third kappa shape index (κ3) is 2.61. The second-order valence-corrected chi connectivity index (χ2v) is 6.22. The van der Waals surface area contributed by atoms with Gasteiger partial charge in [-0.2, -0.15) is 0 Å². The van der Waals surface area contributed by atoms with Gasteiger partial charge in [-0.15, -0.1) is 11.3 Å². The molecule has 0 spiro atoms. The maximum absolute atomic E-state index is 3.68. The topological polar surface area (TPSA) is 12.0 Å². The minimum Gasteiger partial charge on any atom is -0.309 e. The van der Waals surface area contributed by atoms with Gasteiger partial charge in [0.05, 0.1) is 0 Å². The lowest BCUT2D eigenvalue weighted by Gasteiger charge is -2.17. The number of rotatable bonds is 5. The lowest BCUT2D eigenvalue weighted by atomic mass is 10.0. The van der Waals surface area contributed by atoms with E-state index in [1.54, 1.807) is 0 Å². The van der Waals surface area contributed by atoms with Gasteiger partial charge in [0.15, 0.2) is 0 Å². The minimum absolute atomic E-state index is 0.521. The van der Waals surface area contributed by atoms with Crippen LogP contribution < -0.4 is 5.32 Å². The minimum atomic E-state index is 0.521. The van der Waals surface area contributed by atoms with Crippen molar-refractivity contribution in [3.63, 3.8) is 0 Å². The van der Waals surface area contributed by atoms with E-state index in [1.807, 2.05) is 11.3 Å². The molecule has 1 nitrogen and oxygen atoms in total. The van der Waals surface area contributed by atoms with Gasteiger partial charge in [0.1, 0.15) is 0 Å². The molecule has 1 saturated carbocycles. The molecule has 0 bridgehead atoms. The molecule has 0 saturated heterocycles. The predicted octanol–water partition coefficient (Wildman–Crippen LogP) is 3.90. The van der Waals surface area contributed by atoms with E-state index >= 15 is 0 Å². The third-order valence-electron chi connectivity index (χ3n) is 3.68. The molecular weight excluding hydrogens is 202 g/mol. The maximum atomic E-state index is 3.68. The molecule has 1 aromatic heterocycles. The molecule has 1 N–H and O–H groups in total. The van der Waals surface area contributed by atoms with Crippen LogP contribution >= 0.6 is 11.3 Å². The van der Waals surface area contributed by atoms with Crippen LogP contribution in [0.3, 0.4) is 0 Å². The molecule has 0 radical (unpaired) electrons. The van der Waals surface area contributed by atoms with Gasteiger partial charge in [-0.25, -0.2) is 0 Å². The summed E-state index contributed by atoms with van der Waals surface area (Å²) in [4.78, 5) is 2.88. The lowest BCUT2D eigenvalue weighted by molar-refractivity contribution is 0.417. The van der Waals surface area contributed by atoms with Crippen molar-refractivity contribution in [1.29, 1.82) is 0 Å². The van der Waals surface area contributed by atoms with Crippen LogP contribution in [0.15, 0.2) is 12.1 Å². The molecule has 0 aliphatic heterocycles. The molecule has 84 valence electrons. The monoisotopic (exact) mass is 223 g/mol. The van der Waals surface area contributed by atoms with Gasteiger partial charge >= 0.3 is 0 Å². The highest BCUT2D eigenvalue weighted by atomic mass is 32.1. The fourth-order valence-electron chi connectivity index (χ4n) is 1.99. The molecule has 1 unspecified atom stereocenters. The summed E-state index contributed by atoms with van der Waals surface area (Å²) >= 11 is 1.91. The summed E-state index contributed by atoms with van der Waals surface area (Å²) in [6.45, 7) is 7.96. The van der Waals surface area contributed by atoms with Crippen molar-refractivity contribution in [2.75, 3.05) is 6.54 Å². The molecule has 1 fully saturated rings. The first-order chi connectivity index (χ1) is 7.15. The fourth-order valence-corrected chi connectivity index (χ4v) is 2.89. The van der Waals surface area contributed by atoms with Crippen LogP contribution in [0.5, 0.6) is 0 Å². The van der Waals surface area contributed by atoms with Crippen LogP contribution in [0.4, 0.5) is 0 Å². The Morgan fingerprint density at radius 3 is 2.67 bits per heavy atom. The molecule has 15 heavy (non-hydrogen) atoms.